The zero-order valence-corrected chi connectivity index (χ0v) is 18.8. The molecule has 1 aliphatic rings. The van der Waals surface area contributed by atoms with E-state index >= 15 is 0 Å². The van der Waals surface area contributed by atoms with Gasteiger partial charge in [-0.3, -0.25) is 14.9 Å². The van der Waals surface area contributed by atoms with E-state index in [1.807, 2.05) is 37.3 Å². The second-order valence-corrected chi connectivity index (χ2v) is 8.10. The summed E-state index contributed by atoms with van der Waals surface area (Å²) in [7, 11) is 0. The molecule has 1 aliphatic heterocycles. The lowest BCUT2D eigenvalue weighted by Gasteiger charge is -2.26. The number of hydrogen-bond acceptors (Lipinski definition) is 4. The molecule has 1 saturated heterocycles. The molecule has 3 aromatic rings. The fourth-order valence-electron chi connectivity index (χ4n) is 3.26. The number of urea groups is 1. The molecule has 1 fully saturated rings. The second kappa shape index (κ2) is 9.20. The molecule has 0 unspecified atom stereocenters. The number of hydrogen-bond donors (Lipinski definition) is 1. The Hall–Kier alpha value is -3.71. The molecule has 0 saturated carbocycles. The topological polar surface area (TPSA) is 75.7 Å². The van der Waals surface area contributed by atoms with Gasteiger partial charge in [-0.15, -0.1) is 0 Å². The first-order valence-electron chi connectivity index (χ1n) is 9.87. The highest BCUT2D eigenvalue weighted by Gasteiger charge is 2.36. The summed E-state index contributed by atoms with van der Waals surface area (Å²) in [6.45, 7) is 2.26. The van der Waals surface area contributed by atoms with Crippen molar-refractivity contribution >= 4 is 45.5 Å². The number of nitrogens with zero attached hydrogens (tertiary/aromatic N) is 1. The van der Waals surface area contributed by atoms with Gasteiger partial charge in [0.1, 0.15) is 17.9 Å². The first-order valence-corrected chi connectivity index (χ1v) is 10.7. The normalized spacial score (nSPS) is 15.1. The van der Waals surface area contributed by atoms with E-state index in [1.165, 1.54) is 6.08 Å². The number of barbiturate groups is 1. The van der Waals surface area contributed by atoms with Gasteiger partial charge >= 0.3 is 6.03 Å². The number of carbonyl (C=O) groups excluding carboxylic acids is 3. The standard InChI is InChI=1S/C25H19BrN2O4/c1-16-5-4-7-19(13-16)28-24(30)21(23(29)27-25(28)31)14-17-9-11-20(12-10-17)32-15-18-6-2-3-8-22(18)26/h2-14H,15H2,1H3,(H,27,29,31)/b21-14+. The maximum absolute atomic E-state index is 13.0. The Balaban J connectivity index is 1.53. The monoisotopic (exact) mass is 490 g/mol. The third kappa shape index (κ3) is 4.63. The predicted molar refractivity (Wildman–Crippen MR) is 125 cm³/mol. The van der Waals surface area contributed by atoms with Crippen molar-refractivity contribution < 1.29 is 19.1 Å². The number of rotatable bonds is 5. The molecule has 1 N–H and O–H groups in total. The minimum atomic E-state index is -0.765. The molecule has 7 heteroatoms. The van der Waals surface area contributed by atoms with Crippen molar-refractivity contribution in [1.29, 1.82) is 0 Å². The largest absolute Gasteiger partial charge is 0.489 e. The molecule has 0 bridgehead atoms. The van der Waals surface area contributed by atoms with Crippen molar-refractivity contribution in [3.8, 4) is 5.75 Å². The third-order valence-electron chi connectivity index (χ3n) is 4.90. The Morgan fingerprint density at radius 3 is 2.44 bits per heavy atom. The molecule has 0 spiro atoms. The van der Waals surface area contributed by atoms with Gasteiger partial charge in [0.05, 0.1) is 5.69 Å². The number of halogens is 1. The molecule has 6 nitrogen and oxygen atoms in total. The molecule has 0 aliphatic carbocycles. The van der Waals surface area contributed by atoms with E-state index < -0.39 is 17.8 Å². The summed E-state index contributed by atoms with van der Waals surface area (Å²) >= 11 is 3.49. The van der Waals surface area contributed by atoms with Gasteiger partial charge in [-0.25, -0.2) is 9.69 Å². The van der Waals surface area contributed by atoms with Crippen LogP contribution in [0, 0.1) is 6.92 Å². The summed E-state index contributed by atoms with van der Waals surface area (Å²) in [4.78, 5) is 38.6. The first-order chi connectivity index (χ1) is 15.4. The molecule has 160 valence electrons. The summed E-state index contributed by atoms with van der Waals surface area (Å²) in [5, 5.41) is 2.23. The van der Waals surface area contributed by atoms with Gasteiger partial charge in [-0.05, 0) is 54.5 Å². The van der Waals surface area contributed by atoms with Gasteiger partial charge in [-0.2, -0.15) is 0 Å². The van der Waals surface area contributed by atoms with Crippen molar-refractivity contribution in [2.45, 2.75) is 13.5 Å². The molecular weight excluding hydrogens is 472 g/mol. The third-order valence-corrected chi connectivity index (χ3v) is 5.68. The lowest BCUT2D eigenvalue weighted by molar-refractivity contribution is -0.122. The predicted octanol–water partition coefficient (Wildman–Crippen LogP) is 5.00. The quantitative estimate of drug-likeness (QED) is 0.403. The average Bonchev–Trinajstić information content (AvgIpc) is 2.77. The molecule has 3 aromatic carbocycles. The maximum Gasteiger partial charge on any atom is 0.335 e. The fourth-order valence-corrected chi connectivity index (χ4v) is 3.66. The number of anilines is 1. The molecule has 4 rings (SSSR count). The Labute approximate surface area is 193 Å². The van der Waals surface area contributed by atoms with E-state index in [2.05, 4.69) is 21.2 Å². The number of benzene rings is 3. The molecule has 32 heavy (non-hydrogen) atoms. The summed E-state index contributed by atoms with van der Waals surface area (Å²) in [5.41, 5.74) is 2.83. The lowest BCUT2D eigenvalue weighted by atomic mass is 10.1. The number of carbonyl (C=O) groups is 3. The van der Waals surface area contributed by atoms with Crippen LogP contribution in [0.1, 0.15) is 16.7 Å². The lowest BCUT2D eigenvalue weighted by Crippen LogP contribution is -2.54. The van der Waals surface area contributed by atoms with E-state index in [0.29, 0.717) is 23.6 Å². The van der Waals surface area contributed by atoms with Gasteiger partial charge in [0, 0.05) is 10.0 Å². The van der Waals surface area contributed by atoms with E-state index in [4.69, 9.17) is 4.74 Å². The van der Waals surface area contributed by atoms with Crippen molar-refractivity contribution in [3.05, 3.63) is 99.5 Å². The molecule has 0 atom stereocenters. The van der Waals surface area contributed by atoms with Crippen LogP contribution in [0.25, 0.3) is 6.08 Å². The van der Waals surface area contributed by atoms with Crippen molar-refractivity contribution in [3.63, 3.8) is 0 Å². The molecule has 1 heterocycles. The van der Waals surface area contributed by atoms with E-state index in [-0.39, 0.29) is 5.57 Å². The average molecular weight is 491 g/mol. The van der Waals surface area contributed by atoms with E-state index in [0.717, 1.165) is 20.5 Å². The van der Waals surface area contributed by atoms with Crippen LogP contribution in [0.2, 0.25) is 0 Å². The Morgan fingerprint density at radius 1 is 0.969 bits per heavy atom. The van der Waals surface area contributed by atoms with Crippen molar-refractivity contribution in [2.75, 3.05) is 4.90 Å². The number of imide groups is 2. The van der Waals surface area contributed by atoms with Crippen LogP contribution in [-0.2, 0) is 16.2 Å². The van der Waals surface area contributed by atoms with Crippen LogP contribution in [0.4, 0.5) is 10.5 Å². The minimum Gasteiger partial charge on any atom is -0.489 e. The first kappa shape index (κ1) is 21.5. The zero-order valence-electron chi connectivity index (χ0n) is 17.2. The van der Waals surface area contributed by atoms with Gasteiger partial charge in [-0.1, -0.05) is 58.4 Å². The van der Waals surface area contributed by atoms with Crippen LogP contribution >= 0.6 is 15.9 Å². The summed E-state index contributed by atoms with van der Waals surface area (Å²) < 4.78 is 6.78. The maximum atomic E-state index is 13.0. The Bertz CT molecular complexity index is 1230. The van der Waals surface area contributed by atoms with Gasteiger partial charge in [0.2, 0.25) is 0 Å². The Morgan fingerprint density at radius 2 is 1.72 bits per heavy atom. The number of aryl methyl sites for hydroxylation is 1. The van der Waals surface area contributed by atoms with Crippen LogP contribution in [0.5, 0.6) is 5.75 Å². The molecule has 0 aromatic heterocycles. The van der Waals surface area contributed by atoms with Crippen molar-refractivity contribution in [2.24, 2.45) is 0 Å². The van der Waals surface area contributed by atoms with Gasteiger partial charge in [0.15, 0.2) is 0 Å². The molecule has 0 radical (unpaired) electrons. The highest BCUT2D eigenvalue weighted by atomic mass is 79.9. The summed E-state index contributed by atoms with van der Waals surface area (Å²) in [5.74, 6) is -0.740. The highest BCUT2D eigenvalue weighted by Crippen LogP contribution is 2.24. The van der Waals surface area contributed by atoms with E-state index in [1.54, 1.807) is 42.5 Å². The van der Waals surface area contributed by atoms with Crippen LogP contribution in [-0.4, -0.2) is 17.8 Å². The zero-order chi connectivity index (χ0) is 22.7. The molecule has 4 amide bonds. The second-order valence-electron chi connectivity index (χ2n) is 7.25. The molecular formula is C25H19BrN2O4. The fraction of sp³-hybridized carbons (Fsp3) is 0.0800. The van der Waals surface area contributed by atoms with Gasteiger partial charge in [0.25, 0.3) is 11.8 Å². The Kier molecular flexibility index (Phi) is 6.18. The SMILES string of the molecule is Cc1cccc(N2C(=O)NC(=O)/C(=C\c3ccc(OCc4ccccc4Br)cc3)C2=O)c1. The summed E-state index contributed by atoms with van der Waals surface area (Å²) in [6.07, 6.45) is 1.46. The number of amides is 4. The van der Waals surface area contributed by atoms with Crippen LogP contribution in [0.15, 0.2) is 82.8 Å². The van der Waals surface area contributed by atoms with Crippen LogP contribution in [0.3, 0.4) is 0 Å². The van der Waals surface area contributed by atoms with Crippen molar-refractivity contribution in [1.82, 2.24) is 5.32 Å². The smallest absolute Gasteiger partial charge is 0.335 e. The number of ether oxygens (including phenoxy) is 1. The number of nitrogens with one attached hydrogen (secondary N) is 1. The summed E-state index contributed by atoms with van der Waals surface area (Å²) in [6, 6.07) is 21.0. The van der Waals surface area contributed by atoms with Crippen LogP contribution < -0.4 is 15.0 Å². The van der Waals surface area contributed by atoms with Gasteiger partial charge < -0.3 is 4.74 Å². The highest BCUT2D eigenvalue weighted by molar-refractivity contribution is 9.10. The van der Waals surface area contributed by atoms with E-state index in [9.17, 15) is 14.4 Å². The minimum absolute atomic E-state index is 0.118.